The number of fused-ring (bicyclic) bond motifs is 7. The van der Waals surface area contributed by atoms with Crippen LogP contribution in [-0.4, -0.2) is 14.1 Å². The van der Waals surface area contributed by atoms with Crippen molar-refractivity contribution in [1.29, 1.82) is 0 Å². The highest BCUT2D eigenvalue weighted by Gasteiger charge is 2.19. The van der Waals surface area contributed by atoms with Crippen LogP contribution in [0.3, 0.4) is 0 Å². The smallest absolute Gasteiger partial charge is 0.124 e. The van der Waals surface area contributed by atoms with Gasteiger partial charge in [-0.05, 0) is 108 Å². The predicted molar refractivity (Wildman–Crippen MR) is 279 cm³/mol. The molecule has 310 valence electrons. The van der Waals surface area contributed by atoms with E-state index >= 15 is 0 Å². The van der Waals surface area contributed by atoms with Crippen molar-refractivity contribution in [3.8, 4) is 44.2 Å². The van der Waals surface area contributed by atoms with Gasteiger partial charge in [-0.15, -0.1) is 11.3 Å². The maximum atomic E-state index is 5.51. The second kappa shape index (κ2) is 15.6. The molecule has 0 aliphatic rings. The third-order valence-corrected chi connectivity index (χ3v) is 14.1. The number of para-hydroxylation sites is 6. The third kappa shape index (κ3) is 6.24. The molecular weight excluding hydrogens is 821 g/mol. The Labute approximate surface area is 386 Å². The predicted octanol–water partition coefficient (Wildman–Crippen LogP) is 17.0. The first kappa shape index (κ1) is 38.0. The Kier molecular flexibility index (Phi) is 9.00. The van der Waals surface area contributed by atoms with E-state index in [4.69, 9.17) is 4.98 Å². The molecule has 3 aromatic heterocycles. The topological polar surface area (TPSA) is 26.0 Å². The highest BCUT2D eigenvalue weighted by atomic mass is 32.1. The number of anilines is 3. The highest BCUT2D eigenvalue weighted by molar-refractivity contribution is 7.22. The molecule has 0 saturated heterocycles. The summed E-state index contributed by atoms with van der Waals surface area (Å²) >= 11 is 1.76. The van der Waals surface area contributed by atoms with E-state index < -0.39 is 0 Å². The third-order valence-electron chi connectivity index (χ3n) is 13.0. The Morgan fingerprint density at radius 2 is 0.682 bits per heavy atom. The molecule has 0 radical (unpaired) electrons. The minimum Gasteiger partial charge on any atom is -0.311 e. The molecule has 0 atom stereocenters. The van der Waals surface area contributed by atoms with Gasteiger partial charge in [0.25, 0.3) is 0 Å². The lowest BCUT2D eigenvalue weighted by atomic mass is 9.98. The fraction of sp³-hybridized carbons (Fsp3) is 0. The highest BCUT2D eigenvalue weighted by Crippen LogP contribution is 2.44. The van der Waals surface area contributed by atoms with E-state index in [1.54, 1.807) is 11.3 Å². The van der Waals surface area contributed by atoms with E-state index in [2.05, 4.69) is 257 Å². The lowest BCUT2D eigenvalue weighted by Gasteiger charge is -2.25. The van der Waals surface area contributed by atoms with Crippen LogP contribution in [0.1, 0.15) is 0 Å². The summed E-state index contributed by atoms with van der Waals surface area (Å²) in [5.41, 5.74) is 17.0. The Bertz CT molecular complexity index is 3560. The first-order valence-electron chi connectivity index (χ1n) is 22.4. The summed E-state index contributed by atoms with van der Waals surface area (Å²) in [6.07, 6.45) is 0. The number of benzene rings is 10. The fourth-order valence-corrected chi connectivity index (χ4v) is 11.1. The van der Waals surface area contributed by atoms with Crippen LogP contribution in [0, 0.1) is 0 Å². The van der Waals surface area contributed by atoms with Gasteiger partial charge in [-0.25, -0.2) is 4.98 Å². The summed E-state index contributed by atoms with van der Waals surface area (Å²) in [4.78, 5) is 7.81. The van der Waals surface area contributed by atoms with Crippen molar-refractivity contribution < 1.29 is 0 Å². The molecule has 66 heavy (non-hydrogen) atoms. The van der Waals surface area contributed by atoms with Crippen LogP contribution in [0.4, 0.5) is 17.1 Å². The van der Waals surface area contributed by atoms with Gasteiger partial charge in [0.1, 0.15) is 5.01 Å². The molecule has 3 heterocycles. The van der Waals surface area contributed by atoms with Crippen LogP contribution in [0.15, 0.2) is 243 Å². The van der Waals surface area contributed by atoms with E-state index in [1.165, 1.54) is 49.2 Å². The molecule has 0 aliphatic carbocycles. The molecule has 0 N–H and O–H groups in total. The second-order valence-electron chi connectivity index (χ2n) is 16.7. The fourth-order valence-electron chi connectivity index (χ4n) is 9.93. The van der Waals surface area contributed by atoms with E-state index in [1.807, 2.05) is 0 Å². The molecule has 0 saturated carbocycles. The molecule has 0 unspecified atom stereocenters. The van der Waals surface area contributed by atoms with Gasteiger partial charge in [0, 0.05) is 66.7 Å². The van der Waals surface area contributed by atoms with Crippen molar-refractivity contribution in [3.05, 3.63) is 243 Å². The Balaban J connectivity index is 0.929. The number of hydrogen-bond acceptors (Lipinski definition) is 3. The largest absolute Gasteiger partial charge is 0.311 e. The zero-order chi connectivity index (χ0) is 43.6. The van der Waals surface area contributed by atoms with Gasteiger partial charge < -0.3 is 14.0 Å². The molecule has 0 aliphatic heterocycles. The summed E-state index contributed by atoms with van der Waals surface area (Å²) in [6.45, 7) is 0. The van der Waals surface area contributed by atoms with Gasteiger partial charge >= 0.3 is 0 Å². The maximum absolute atomic E-state index is 5.51. The summed E-state index contributed by atoms with van der Waals surface area (Å²) in [5.74, 6) is 0. The molecule has 5 heteroatoms. The van der Waals surface area contributed by atoms with Crippen molar-refractivity contribution >= 4 is 82.2 Å². The van der Waals surface area contributed by atoms with E-state index in [0.29, 0.717) is 0 Å². The zero-order valence-corrected chi connectivity index (χ0v) is 36.6. The first-order chi connectivity index (χ1) is 32.7. The van der Waals surface area contributed by atoms with Crippen molar-refractivity contribution in [1.82, 2.24) is 14.1 Å². The van der Waals surface area contributed by atoms with Crippen LogP contribution in [0.25, 0.3) is 98.0 Å². The van der Waals surface area contributed by atoms with Crippen molar-refractivity contribution in [2.75, 3.05) is 4.90 Å². The van der Waals surface area contributed by atoms with Crippen LogP contribution < -0.4 is 4.90 Å². The summed E-state index contributed by atoms with van der Waals surface area (Å²) in [6, 6.07) is 87.3. The lowest BCUT2D eigenvalue weighted by molar-refractivity contribution is 1.18. The van der Waals surface area contributed by atoms with Crippen molar-refractivity contribution in [3.63, 3.8) is 0 Å². The van der Waals surface area contributed by atoms with Crippen LogP contribution in [-0.2, 0) is 0 Å². The number of hydrogen-bond donors (Lipinski definition) is 0. The number of thiazole rings is 1. The molecular formula is C61H40N4S. The molecule has 4 nitrogen and oxygen atoms in total. The van der Waals surface area contributed by atoms with Crippen molar-refractivity contribution in [2.24, 2.45) is 0 Å². The summed E-state index contributed by atoms with van der Waals surface area (Å²) in [7, 11) is 0. The van der Waals surface area contributed by atoms with Gasteiger partial charge in [0.05, 0.1) is 32.3 Å². The van der Waals surface area contributed by atoms with Crippen LogP contribution in [0.2, 0.25) is 0 Å². The molecule has 0 bridgehead atoms. The number of nitrogens with zero attached hydrogens (tertiary/aromatic N) is 4. The maximum Gasteiger partial charge on any atom is 0.124 e. The monoisotopic (exact) mass is 860 g/mol. The molecule has 0 fully saturated rings. The molecule has 0 spiro atoms. The average molecular weight is 861 g/mol. The van der Waals surface area contributed by atoms with Crippen LogP contribution >= 0.6 is 11.3 Å². The van der Waals surface area contributed by atoms with Crippen molar-refractivity contribution in [2.45, 2.75) is 0 Å². The molecule has 13 rings (SSSR count). The van der Waals surface area contributed by atoms with E-state index in [9.17, 15) is 0 Å². The Morgan fingerprint density at radius 1 is 0.318 bits per heavy atom. The Morgan fingerprint density at radius 3 is 1.14 bits per heavy atom. The van der Waals surface area contributed by atoms with E-state index in [0.717, 1.165) is 65.9 Å². The second-order valence-corrected chi connectivity index (χ2v) is 17.7. The van der Waals surface area contributed by atoms with Gasteiger partial charge in [-0.3, -0.25) is 0 Å². The number of aromatic nitrogens is 3. The zero-order valence-electron chi connectivity index (χ0n) is 35.8. The van der Waals surface area contributed by atoms with Gasteiger partial charge in [0.15, 0.2) is 0 Å². The van der Waals surface area contributed by atoms with Crippen LogP contribution in [0.5, 0.6) is 0 Å². The standard InChI is InChI=1S/C61H40N4S/c1-3-15-44(16-4-1)63(45-17-5-2-6-18-45)46-37-31-43(32-38-46)61-62-59-49(41-27-33-47(34-28-41)64-55-23-11-7-19-51(55)52-20-8-12-24-56(52)64)39-40-50(60(59)66-61)42-29-35-48(36-30-42)65-57-25-13-9-21-53(57)54-22-10-14-26-58(54)65/h1-40H. The summed E-state index contributed by atoms with van der Waals surface area (Å²) < 4.78 is 5.91. The van der Waals surface area contributed by atoms with Gasteiger partial charge in [-0.2, -0.15) is 0 Å². The minimum absolute atomic E-state index is 0.986. The SMILES string of the molecule is c1ccc(N(c2ccccc2)c2ccc(-c3nc4c(-c5ccc(-n6c7ccccc7c7ccccc76)cc5)ccc(-c5ccc(-n6c7ccccc7c7ccccc76)cc5)c4s3)cc2)cc1. The lowest BCUT2D eigenvalue weighted by Crippen LogP contribution is -2.09. The quantitative estimate of drug-likeness (QED) is 0.152. The number of rotatable bonds is 8. The average Bonchev–Trinajstić information content (AvgIpc) is 4.09. The minimum atomic E-state index is 0.986. The normalized spacial score (nSPS) is 11.6. The first-order valence-corrected chi connectivity index (χ1v) is 23.2. The van der Waals surface area contributed by atoms with E-state index in [-0.39, 0.29) is 0 Å². The molecule has 13 aromatic rings. The molecule has 0 amide bonds. The van der Waals surface area contributed by atoms with Gasteiger partial charge in [0.2, 0.25) is 0 Å². The molecule has 10 aromatic carbocycles. The van der Waals surface area contributed by atoms with Gasteiger partial charge in [-0.1, -0.05) is 146 Å². The Hall–Kier alpha value is -8.51. The summed E-state index contributed by atoms with van der Waals surface area (Å²) in [5, 5.41) is 6.02.